The van der Waals surface area contributed by atoms with E-state index in [9.17, 15) is 18.0 Å². The average Bonchev–Trinajstić information content (AvgIpc) is 3.01. The Labute approximate surface area is 188 Å². The first-order valence-electron chi connectivity index (χ1n) is 11.0. The molecule has 1 aliphatic heterocycles. The SMILES string of the molecule is CCOc1ccccc1NS(=O)(=O)c1cc(CN2C(=O)[C@H]3CCCC[C@@H]3C2=O)ccc1C. The van der Waals surface area contributed by atoms with Crippen LogP contribution < -0.4 is 9.46 Å². The maximum Gasteiger partial charge on any atom is 0.262 e. The van der Waals surface area contributed by atoms with Crippen molar-refractivity contribution in [1.29, 1.82) is 0 Å². The van der Waals surface area contributed by atoms with Gasteiger partial charge in [0.1, 0.15) is 5.75 Å². The molecule has 8 heteroatoms. The normalized spacial score (nSPS) is 20.9. The summed E-state index contributed by atoms with van der Waals surface area (Å²) >= 11 is 0. The summed E-state index contributed by atoms with van der Waals surface area (Å²) in [5.74, 6) is -0.256. The maximum absolute atomic E-state index is 13.2. The van der Waals surface area contributed by atoms with E-state index in [0.717, 1.165) is 25.7 Å². The van der Waals surface area contributed by atoms with Gasteiger partial charge in [-0.3, -0.25) is 19.2 Å². The van der Waals surface area contributed by atoms with Gasteiger partial charge in [0, 0.05) is 0 Å². The molecule has 2 fully saturated rings. The number of anilines is 1. The number of nitrogens with zero attached hydrogens (tertiary/aromatic N) is 1. The van der Waals surface area contributed by atoms with Crippen LogP contribution in [-0.2, 0) is 26.2 Å². The largest absolute Gasteiger partial charge is 0.492 e. The third-order valence-corrected chi connectivity index (χ3v) is 7.75. The minimum absolute atomic E-state index is 0.0863. The second kappa shape index (κ2) is 8.94. The first-order chi connectivity index (χ1) is 15.3. The number of carbonyl (C=O) groups excluding carboxylic acids is 2. The summed E-state index contributed by atoms with van der Waals surface area (Å²) in [6.45, 7) is 4.04. The van der Waals surface area contributed by atoms with Crippen LogP contribution >= 0.6 is 0 Å². The lowest BCUT2D eigenvalue weighted by Gasteiger charge is -2.19. The van der Waals surface area contributed by atoms with Gasteiger partial charge in [-0.15, -0.1) is 0 Å². The molecule has 7 nitrogen and oxygen atoms in total. The quantitative estimate of drug-likeness (QED) is 0.639. The van der Waals surface area contributed by atoms with Crippen molar-refractivity contribution < 1.29 is 22.7 Å². The lowest BCUT2D eigenvalue weighted by atomic mass is 9.81. The fraction of sp³-hybridized carbons (Fsp3) is 0.417. The third kappa shape index (κ3) is 4.24. The summed E-state index contributed by atoms with van der Waals surface area (Å²) in [6, 6.07) is 11.9. The zero-order chi connectivity index (χ0) is 22.9. The molecule has 2 aromatic rings. The number of sulfonamides is 1. The van der Waals surface area contributed by atoms with E-state index in [1.165, 1.54) is 4.90 Å². The molecule has 1 saturated carbocycles. The van der Waals surface area contributed by atoms with Crippen molar-refractivity contribution in [3.05, 3.63) is 53.6 Å². The van der Waals surface area contributed by atoms with Gasteiger partial charge >= 0.3 is 0 Å². The Morgan fingerprint density at radius 1 is 1.03 bits per heavy atom. The van der Waals surface area contributed by atoms with Crippen molar-refractivity contribution in [3.8, 4) is 5.75 Å². The van der Waals surface area contributed by atoms with Crippen LogP contribution in [0.15, 0.2) is 47.4 Å². The van der Waals surface area contributed by atoms with Crippen LogP contribution in [0.4, 0.5) is 5.69 Å². The van der Waals surface area contributed by atoms with Crippen molar-refractivity contribution >= 4 is 27.5 Å². The number of hydrogen-bond donors (Lipinski definition) is 1. The highest BCUT2D eigenvalue weighted by molar-refractivity contribution is 7.92. The highest BCUT2D eigenvalue weighted by Crippen LogP contribution is 2.38. The number of likely N-dealkylation sites (tertiary alicyclic amines) is 1. The van der Waals surface area contributed by atoms with Gasteiger partial charge in [-0.1, -0.05) is 37.1 Å². The van der Waals surface area contributed by atoms with Gasteiger partial charge in [-0.2, -0.15) is 0 Å². The van der Waals surface area contributed by atoms with E-state index < -0.39 is 10.0 Å². The lowest BCUT2D eigenvalue weighted by molar-refractivity contribution is -0.140. The number of aryl methyl sites for hydroxylation is 1. The fourth-order valence-corrected chi connectivity index (χ4v) is 6.00. The molecule has 1 saturated heterocycles. The van der Waals surface area contributed by atoms with Crippen LogP contribution in [0.5, 0.6) is 5.75 Å². The maximum atomic E-state index is 13.2. The molecule has 2 atom stereocenters. The monoisotopic (exact) mass is 456 g/mol. The molecule has 1 N–H and O–H groups in total. The predicted octanol–water partition coefficient (Wildman–Crippen LogP) is 3.87. The molecule has 2 amide bonds. The first kappa shape index (κ1) is 22.3. The van der Waals surface area contributed by atoms with Gasteiger partial charge in [-0.25, -0.2) is 8.42 Å². The standard InChI is InChI=1S/C24H28N2O5S/c1-3-31-21-11-7-6-10-20(21)25-32(29,30)22-14-17(13-12-16(22)2)15-26-23(27)18-8-4-5-9-19(18)24(26)28/h6-7,10-14,18-19,25H,3-5,8-9,15H2,1-2H3/t18-,19-/m0/s1. The first-order valence-corrected chi connectivity index (χ1v) is 12.5. The Morgan fingerprint density at radius 3 is 2.34 bits per heavy atom. The van der Waals surface area contributed by atoms with E-state index in [-0.39, 0.29) is 35.1 Å². The van der Waals surface area contributed by atoms with Crippen LogP contribution in [0.1, 0.15) is 43.7 Å². The summed E-state index contributed by atoms with van der Waals surface area (Å²) in [5.41, 5.74) is 1.53. The van der Waals surface area contributed by atoms with Gasteiger partial charge in [-0.05, 0) is 56.0 Å². The van der Waals surface area contributed by atoms with Crippen molar-refractivity contribution in [2.45, 2.75) is 51.0 Å². The molecule has 170 valence electrons. The average molecular weight is 457 g/mol. The van der Waals surface area contributed by atoms with Crippen molar-refractivity contribution in [2.75, 3.05) is 11.3 Å². The molecular weight excluding hydrogens is 428 g/mol. The Bertz CT molecular complexity index is 1120. The van der Waals surface area contributed by atoms with E-state index in [1.807, 2.05) is 6.92 Å². The molecule has 32 heavy (non-hydrogen) atoms. The summed E-state index contributed by atoms with van der Waals surface area (Å²) in [5, 5.41) is 0. The molecule has 0 unspecified atom stereocenters. The Hall–Kier alpha value is -2.87. The zero-order valence-corrected chi connectivity index (χ0v) is 19.2. The van der Waals surface area contributed by atoms with Gasteiger partial charge < -0.3 is 4.74 Å². The van der Waals surface area contributed by atoms with Gasteiger partial charge in [0.2, 0.25) is 11.8 Å². The number of carbonyl (C=O) groups is 2. The van der Waals surface area contributed by atoms with Crippen molar-refractivity contribution in [2.24, 2.45) is 11.8 Å². The van der Waals surface area contributed by atoms with Gasteiger partial charge in [0.05, 0.1) is 35.6 Å². The minimum Gasteiger partial charge on any atom is -0.492 e. The molecule has 0 aromatic heterocycles. The molecule has 4 rings (SSSR count). The van der Waals surface area contributed by atoms with Crippen LogP contribution in [0, 0.1) is 18.8 Å². The molecule has 1 aliphatic carbocycles. The molecule has 2 aromatic carbocycles. The Morgan fingerprint density at radius 2 is 1.69 bits per heavy atom. The van der Waals surface area contributed by atoms with E-state index >= 15 is 0 Å². The van der Waals surface area contributed by atoms with E-state index in [0.29, 0.717) is 29.2 Å². The zero-order valence-electron chi connectivity index (χ0n) is 18.3. The predicted molar refractivity (Wildman–Crippen MR) is 121 cm³/mol. The van der Waals surface area contributed by atoms with Crippen LogP contribution in [0.3, 0.4) is 0 Å². The third-order valence-electron chi connectivity index (χ3n) is 6.25. The highest BCUT2D eigenvalue weighted by atomic mass is 32.2. The minimum atomic E-state index is -3.91. The van der Waals surface area contributed by atoms with Crippen molar-refractivity contribution in [1.82, 2.24) is 4.90 Å². The van der Waals surface area contributed by atoms with E-state index in [4.69, 9.17) is 4.74 Å². The summed E-state index contributed by atoms with van der Waals surface area (Å²) in [7, 11) is -3.91. The second-order valence-electron chi connectivity index (χ2n) is 8.39. The number of ether oxygens (including phenoxy) is 1. The number of nitrogens with one attached hydrogen (secondary N) is 1. The lowest BCUT2D eigenvalue weighted by Crippen LogP contribution is -2.30. The van der Waals surface area contributed by atoms with E-state index in [1.54, 1.807) is 49.4 Å². The topological polar surface area (TPSA) is 92.8 Å². The van der Waals surface area contributed by atoms with Crippen molar-refractivity contribution in [3.63, 3.8) is 0 Å². The summed E-state index contributed by atoms with van der Waals surface area (Å²) in [4.78, 5) is 27.0. The number of benzene rings is 2. The van der Waals surface area contributed by atoms with Crippen LogP contribution in [0.25, 0.3) is 0 Å². The number of hydrogen-bond acceptors (Lipinski definition) is 5. The number of imide groups is 1. The van der Waals surface area contributed by atoms with Gasteiger partial charge in [0.15, 0.2) is 0 Å². The summed E-state index contributed by atoms with van der Waals surface area (Å²) in [6.07, 6.45) is 3.44. The number of fused-ring (bicyclic) bond motifs is 1. The molecule has 0 radical (unpaired) electrons. The number of rotatable bonds is 7. The van der Waals surface area contributed by atoms with Gasteiger partial charge in [0.25, 0.3) is 10.0 Å². The molecule has 0 spiro atoms. The fourth-order valence-electron chi connectivity index (χ4n) is 4.63. The van der Waals surface area contributed by atoms with Crippen LogP contribution in [0.2, 0.25) is 0 Å². The molecule has 1 heterocycles. The Kier molecular flexibility index (Phi) is 6.24. The summed E-state index contributed by atoms with van der Waals surface area (Å²) < 4.78 is 34.5. The highest BCUT2D eigenvalue weighted by Gasteiger charge is 2.47. The number of amides is 2. The molecular formula is C24H28N2O5S. The van der Waals surface area contributed by atoms with E-state index in [2.05, 4.69) is 4.72 Å². The smallest absolute Gasteiger partial charge is 0.262 e. The Balaban J connectivity index is 1.59. The molecule has 2 aliphatic rings. The second-order valence-corrected chi connectivity index (χ2v) is 10.0. The van der Waals surface area contributed by atoms with Crippen LogP contribution in [-0.4, -0.2) is 31.7 Å². The number of para-hydroxylation sites is 2. The molecule has 0 bridgehead atoms.